The van der Waals surface area contributed by atoms with Gasteiger partial charge in [0.25, 0.3) is 5.91 Å². The quantitative estimate of drug-likeness (QED) is 0.442. The smallest absolute Gasteiger partial charge is 0.261 e. The number of aliphatic hydroxyl groups is 1. The monoisotopic (exact) mass is 448 g/mol. The zero-order valence-corrected chi connectivity index (χ0v) is 18.4. The molecule has 1 saturated heterocycles. The maximum Gasteiger partial charge on any atom is 0.261 e. The van der Waals surface area contributed by atoms with Gasteiger partial charge < -0.3 is 9.84 Å². The zero-order valence-electron chi connectivity index (χ0n) is 17.6. The fourth-order valence-corrected chi connectivity index (χ4v) is 5.19. The lowest BCUT2D eigenvalue weighted by molar-refractivity contribution is -0.135. The first-order chi connectivity index (χ1) is 14.7. The van der Waals surface area contributed by atoms with Crippen molar-refractivity contribution in [2.45, 2.75) is 56.3 Å². The lowest BCUT2D eigenvalue weighted by Gasteiger charge is -2.35. The number of nitrogens with one attached hydrogen (secondary N) is 1. The molecule has 2 atom stereocenters. The molecule has 3 N–H and O–H groups in total. The minimum absolute atomic E-state index is 0.0222. The van der Waals surface area contributed by atoms with Gasteiger partial charge in [-0.3, -0.25) is 10.0 Å². The molecule has 0 spiro atoms. The van der Waals surface area contributed by atoms with E-state index in [1.54, 1.807) is 12.1 Å². The van der Waals surface area contributed by atoms with Gasteiger partial charge in [-0.1, -0.05) is 38.1 Å². The first kappa shape index (κ1) is 23.2. The van der Waals surface area contributed by atoms with E-state index in [9.17, 15) is 18.3 Å². The Labute approximate surface area is 182 Å². The summed E-state index contributed by atoms with van der Waals surface area (Å²) in [5.74, 6) is 0.141. The predicted molar refractivity (Wildman–Crippen MR) is 114 cm³/mol. The van der Waals surface area contributed by atoms with Crippen molar-refractivity contribution in [3.05, 3.63) is 59.7 Å². The standard InChI is InChI=1S/C22H28N2O6S/c1-15(2)17-5-3-16(4-6-17)14-30-19-8-10-20(11-9-19)31(28,29)24-13-18(25)7-12-21(24)22(26)23-27/h3-6,8-11,15,18,21,25,27H,7,12-14H2,1-2H3,(H,23,26). The molecule has 2 aromatic rings. The summed E-state index contributed by atoms with van der Waals surface area (Å²) < 4.78 is 32.8. The van der Waals surface area contributed by atoms with E-state index in [1.807, 2.05) is 12.1 Å². The minimum Gasteiger partial charge on any atom is -0.489 e. The van der Waals surface area contributed by atoms with Crippen molar-refractivity contribution in [3.8, 4) is 5.75 Å². The van der Waals surface area contributed by atoms with Gasteiger partial charge >= 0.3 is 0 Å². The number of hydrogen-bond acceptors (Lipinski definition) is 6. The highest BCUT2D eigenvalue weighted by Crippen LogP contribution is 2.27. The van der Waals surface area contributed by atoms with Crippen LogP contribution in [0.5, 0.6) is 5.75 Å². The Kier molecular flexibility index (Phi) is 7.32. The van der Waals surface area contributed by atoms with Crippen molar-refractivity contribution in [3.63, 3.8) is 0 Å². The second-order valence-electron chi connectivity index (χ2n) is 7.95. The van der Waals surface area contributed by atoms with Crippen LogP contribution < -0.4 is 10.2 Å². The fourth-order valence-electron chi connectivity index (χ4n) is 3.53. The Hall–Kier alpha value is -2.46. The van der Waals surface area contributed by atoms with Crippen molar-refractivity contribution in [1.29, 1.82) is 0 Å². The number of hydroxylamine groups is 1. The highest BCUT2D eigenvalue weighted by Gasteiger charge is 2.40. The third-order valence-electron chi connectivity index (χ3n) is 5.41. The van der Waals surface area contributed by atoms with E-state index in [1.165, 1.54) is 23.2 Å². The third-order valence-corrected chi connectivity index (χ3v) is 7.30. The Morgan fingerprint density at radius 3 is 2.35 bits per heavy atom. The second kappa shape index (κ2) is 9.78. The van der Waals surface area contributed by atoms with Gasteiger partial charge in [-0.15, -0.1) is 0 Å². The number of β-amino-alcohol motifs (C(OH)–C–C–N with tert-alkyl or cyclic N) is 1. The number of ether oxygens (including phenoxy) is 1. The molecule has 0 saturated carbocycles. The van der Waals surface area contributed by atoms with E-state index in [0.29, 0.717) is 18.3 Å². The SMILES string of the molecule is CC(C)c1ccc(COc2ccc(S(=O)(=O)N3CC(O)CCC3C(=O)NO)cc2)cc1. The summed E-state index contributed by atoms with van der Waals surface area (Å²) in [7, 11) is -4.05. The van der Waals surface area contributed by atoms with Gasteiger partial charge in [0.05, 0.1) is 11.0 Å². The number of carbonyl (C=O) groups is 1. The van der Waals surface area contributed by atoms with Crippen LogP contribution in [0, 0.1) is 0 Å². The van der Waals surface area contributed by atoms with Gasteiger partial charge in [0, 0.05) is 6.54 Å². The molecule has 0 aromatic heterocycles. The number of benzene rings is 2. The normalized spacial score (nSPS) is 19.9. The molecular weight excluding hydrogens is 420 g/mol. The van der Waals surface area contributed by atoms with Gasteiger partial charge in [0.15, 0.2) is 0 Å². The van der Waals surface area contributed by atoms with E-state index < -0.39 is 28.1 Å². The molecular formula is C22H28N2O6S. The molecule has 9 heteroatoms. The average Bonchev–Trinajstić information content (AvgIpc) is 2.77. The van der Waals surface area contributed by atoms with E-state index in [4.69, 9.17) is 9.94 Å². The van der Waals surface area contributed by atoms with Crippen molar-refractivity contribution in [2.24, 2.45) is 0 Å². The molecule has 8 nitrogen and oxygen atoms in total. The van der Waals surface area contributed by atoms with Crippen LogP contribution in [0.2, 0.25) is 0 Å². The molecule has 0 radical (unpaired) electrons. The number of carbonyl (C=O) groups excluding carboxylic acids is 1. The van der Waals surface area contributed by atoms with Gasteiger partial charge in [-0.2, -0.15) is 4.31 Å². The first-order valence-corrected chi connectivity index (χ1v) is 11.6. The molecule has 1 heterocycles. The Morgan fingerprint density at radius 2 is 1.77 bits per heavy atom. The van der Waals surface area contributed by atoms with Crippen molar-refractivity contribution in [1.82, 2.24) is 9.79 Å². The molecule has 0 aliphatic carbocycles. The van der Waals surface area contributed by atoms with Crippen LogP contribution in [0.4, 0.5) is 0 Å². The Bertz CT molecular complexity index is 990. The molecule has 1 aliphatic heterocycles. The topological polar surface area (TPSA) is 116 Å². The largest absolute Gasteiger partial charge is 0.489 e. The number of rotatable bonds is 7. The maximum atomic E-state index is 13.1. The van der Waals surface area contributed by atoms with Crippen molar-refractivity contribution in [2.75, 3.05) is 6.54 Å². The van der Waals surface area contributed by atoms with Crippen LogP contribution >= 0.6 is 0 Å². The second-order valence-corrected chi connectivity index (χ2v) is 9.84. The van der Waals surface area contributed by atoms with Crippen molar-refractivity contribution >= 4 is 15.9 Å². The number of aliphatic hydroxyl groups excluding tert-OH is 1. The zero-order chi connectivity index (χ0) is 22.6. The molecule has 1 fully saturated rings. The summed E-state index contributed by atoms with van der Waals surface area (Å²) in [6, 6.07) is 13.0. The van der Waals surface area contributed by atoms with E-state index >= 15 is 0 Å². The summed E-state index contributed by atoms with van der Waals surface area (Å²) in [6.07, 6.45) is -0.485. The van der Waals surface area contributed by atoms with Crippen LogP contribution in [-0.2, 0) is 21.4 Å². The van der Waals surface area contributed by atoms with Gasteiger partial charge in [-0.25, -0.2) is 13.9 Å². The predicted octanol–water partition coefficient (Wildman–Crippen LogP) is 2.41. The van der Waals surface area contributed by atoms with Crippen LogP contribution in [0.15, 0.2) is 53.4 Å². The number of sulfonamides is 1. The third kappa shape index (κ3) is 5.43. The van der Waals surface area contributed by atoms with E-state index in [2.05, 4.69) is 26.0 Å². The number of amides is 1. The van der Waals surface area contributed by atoms with E-state index in [0.717, 1.165) is 9.87 Å². The lowest BCUT2D eigenvalue weighted by Crippen LogP contribution is -2.54. The summed E-state index contributed by atoms with van der Waals surface area (Å²) >= 11 is 0. The van der Waals surface area contributed by atoms with Crippen molar-refractivity contribution < 1.29 is 28.3 Å². The molecule has 2 aromatic carbocycles. The van der Waals surface area contributed by atoms with Gasteiger partial charge in [0.2, 0.25) is 10.0 Å². The fraction of sp³-hybridized carbons (Fsp3) is 0.409. The first-order valence-electron chi connectivity index (χ1n) is 10.2. The molecule has 1 aliphatic rings. The highest BCUT2D eigenvalue weighted by atomic mass is 32.2. The Balaban J connectivity index is 1.71. The number of nitrogens with zero attached hydrogens (tertiary/aromatic N) is 1. The van der Waals surface area contributed by atoms with Gasteiger partial charge in [0.1, 0.15) is 18.4 Å². The lowest BCUT2D eigenvalue weighted by atomic mass is 10.0. The summed E-state index contributed by atoms with van der Waals surface area (Å²) in [5, 5.41) is 18.8. The van der Waals surface area contributed by atoms with Crippen LogP contribution in [0.3, 0.4) is 0 Å². The molecule has 3 rings (SSSR count). The van der Waals surface area contributed by atoms with Crippen LogP contribution in [-0.4, -0.2) is 47.6 Å². The molecule has 2 unspecified atom stereocenters. The Morgan fingerprint density at radius 1 is 1.13 bits per heavy atom. The molecule has 31 heavy (non-hydrogen) atoms. The van der Waals surface area contributed by atoms with Gasteiger partial charge in [-0.05, 0) is 54.2 Å². The summed E-state index contributed by atoms with van der Waals surface area (Å²) in [5.41, 5.74) is 3.75. The summed E-state index contributed by atoms with van der Waals surface area (Å²) in [6.45, 7) is 4.39. The molecule has 1 amide bonds. The number of hydrogen-bond donors (Lipinski definition) is 3. The highest BCUT2D eigenvalue weighted by molar-refractivity contribution is 7.89. The maximum absolute atomic E-state index is 13.1. The molecule has 0 bridgehead atoms. The number of piperidine rings is 1. The van der Waals surface area contributed by atoms with E-state index in [-0.39, 0.29) is 24.3 Å². The van der Waals surface area contributed by atoms with Crippen LogP contribution in [0.25, 0.3) is 0 Å². The van der Waals surface area contributed by atoms with Crippen LogP contribution in [0.1, 0.15) is 43.7 Å². The summed E-state index contributed by atoms with van der Waals surface area (Å²) in [4.78, 5) is 11.9. The minimum atomic E-state index is -4.05. The average molecular weight is 449 g/mol. The molecule has 168 valence electrons.